The Bertz CT molecular complexity index is 833. The Balaban J connectivity index is 2.07. The van der Waals surface area contributed by atoms with Crippen molar-refractivity contribution in [2.45, 2.75) is 85.0 Å². The van der Waals surface area contributed by atoms with Crippen LogP contribution in [-0.4, -0.2) is 0 Å². The van der Waals surface area contributed by atoms with Crippen LogP contribution >= 0.6 is 0 Å². The molecule has 0 aliphatic heterocycles. The number of benzene rings is 2. The molecule has 31 heavy (non-hydrogen) atoms. The van der Waals surface area contributed by atoms with Crippen LogP contribution in [0.4, 0.5) is 0 Å². The average Bonchev–Trinajstić information content (AvgIpc) is 2.81. The predicted molar refractivity (Wildman–Crippen MR) is 141 cm³/mol. The largest absolute Gasteiger partial charge is 0.0984 e. The zero-order chi connectivity index (χ0) is 22.3. The van der Waals surface area contributed by atoms with E-state index >= 15 is 0 Å². The summed E-state index contributed by atoms with van der Waals surface area (Å²) in [7, 11) is 0. The molecule has 0 heteroatoms. The second kappa shape index (κ2) is 14.6. The Kier molecular flexibility index (Phi) is 11.8. The van der Waals surface area contributed by atoms with Gasteiger partial charge < -0.3 is 0 Å². The van der Waals surface area contributed by atoms with E-state index in [1.54, 1.807) is 0 Å². The van der Waals surface area contributed by atoms with Crippen LogP contribution in [0.1, 0.15) is 93.5 Å². The number of hydrogen-bond donors (Lipinski definition) is 0. The standard InChI is InChI=1S/C31H42/c1-5-9-11-12-13-15-17-27-20-23-31(28(7-3)24-27)25-29(8-4)30-21-18-26(19-22-30)16-14-10-6-2/h8-9,11,18-25H,4-7,10,12-17H2,1-3H3/b11-9+,29-25+. The highest BCUT2D eigenvalue weighted by atomic mass is 14.1. The van der Waals surface area contributed by atoms with Crippen molar-refractivity contribution in [2.75, 3.05) is 0 Å². The van der Waals surface area contributed by atoms with Crippen molar-refractivity contribution < 1.29 is 0 Å². The van der Waals surface area contributed by atoms with Crippen LogP contribution in [0.2, 0.25) is 0 Å². The van der Waals surface area contributed by atoms with Gasteiger partial charge in [0.05, 0.1) is 0 Å². The lowest BCUT2D eigenvalue weighted by molar-refractivity contribution is 0.717. The highest BCUT2D eigenvalue weighted by molar-refractivity contribution is 5.87. The monoisotopic (exact) mass is 414 g/mol. The first-order chi connectivity index (χ1) is 15.2. The molecule has 2 aromatic carbocycles. The third-order valence-electron chi connectivity index (χ3n) is 5.96. The third-order valence-corrected chi connectivity index (χ3v) is 5.96. The van der Waals surface area contributed by atoms with E-state index in [-0.39, 0.29) is 0 Å². The summed E-state index contributed by atoms with van der Waals surface area (Å²) in [6.45, 7) is 10.8. The quantitative estimate of drug-likeness (QED) is 0.125. The summed E-state index contributed by atoms with van der Waals surface area (Å²) >= 11 is 0. The van der Waals surface area contributed by atoms with Crippen LogP contribution in [-0.2, 0) is 19.3 Å². The maximum absolute atomic E-state index is 4.09. The van der Waals surface area contributed by atoms with Crippen LogP contribution in [0.15, 0.2) is 67.3 Å². The number of unbranched alkanes of at least 4 members (excludes halogenated alkanes) is 4. The topological polar surface area (TPSA) is 0 Å². The van der Waals surface area contributed by atoms with E-state index in [1.165, 1.54) is 84.8 Å². The minimum absolute atomic E-state index is 1.06. The van der Waals surface area contributed by atoms with E-state index < -0.39 is 0 Å². The molecule has 0 fully saturated rings. The fraction of sp³-hybridized carbons (Fsp3) is 0.419. The number of hydrogen-bond acceptors (Lipinski definition) is 0. The van der Waals surface area contributed by atoms with Gasteiger partial charge in [-0.1, -0.05) is 101 Å². The molecule has 0 amide bonds. The van der Waals surface area contributed by atoms with Gasteiger partial charge in [0.25, 0.3) is 0 Å². The van der Waals surface area contributed by atoms with Crippen molar-refractivity contribution in [1.29, 1.82) is 0 Å². The lowest BCUT2D eigenvalue weighted by atomic mass is 9.95. The van der Waals surface area contributed by atoms with E-state index in [9.17, 15) is 0 Å². The van der Waals surface area contributed by atoms with Crippen molar-refractivity contribution in [3.63, 3.8) is 0 Å². The summed E-state index contributed by atoms with van der Waals surface area (Å²) in [6, 6.07) is 16.1. The molecule has 0 bridgehead atoms. The summed E-state index contributed by atoms with van der Waals surface area (Å²) in [5.41, 5.74) is 8.10. The third kappa shape index (κ3) is 8.74. The van der Waals surface area contributed by atoms with Gasteiger partial charge in [-0.05, 0) is 90.8 Å². The zero-order valence-electron chi connectivity index (χ0n) is 20.1. The number of rotatable bonds is 14. The van der Waals surface area contributed by atoms with E-state index in [0.29, 0.717) is 0 Å². The number of aryl methyl sites for hydroxylation is 3. The fourth-order valence-electron chi connectivity index (χ4n) is 4.01. The summed E-state index contributed by atoms with van der Waals surface area (Å²) in [4.78, 5) is 0. The van der Waals surface area contributed by atoms with Crippen LogP contribution < -0.4 is 0 Å². The molecule has 0 radical (unpaired) electrons. The fourth-order valence-corrected chi connectivity index (χ4v) is 4.01. The Labute approximate surface area is 191 Å². The van der Waals surface area contributed by atoms with Gasteiger partial charge >= 0.3 is 0 Å². The molecule has 0 aromatic heterocycles. The van der Waals surface area contributed by atoms with E-state index in [0.717, 1.165) is 12.8 Å². The van der Waals surface area contributed by atoms with Crippen molar-refractivity contribution >= 4 is 11.6 Å². The van der Waals surface area contributed by atoms with E-state index in [2.05, 4.69) is 88.0 Å². The van der Waals surface area contributed by atoms with Gasteiger partial charge in [0.2, 0.25) is 0 Å². The summed E-state index contributed by atoms with van der Waals surface area (Å²) < 4.78 is 0. The first kappa shape index (κ1) is 24.9. The minimum atomic E-state index is 1.06. The summed E-state index contributed by atoms with van der Waals surface area (Å²) in [6.07, 6.45) is 21.0. The van der Waals surface area contributed by atoms with Crippen LogP contribution in [0.5, 0.6) is 0 Å². The highest BCUT2D eigenvalue weighted by Gasteiger charge is 2.04. The predicted octanol–water partition coefficient (Wildman–Crippen LogP) is 9.39. The Morgan fingerprint density at radius 1 is 0.806 bits per heavy atom. The SMILES string of the molecule is C=C/C(=C\c1ccc(CCCC/C=C/CC)cc1CC)c1ccc(CCCCC)cc1. The second-order valence-corrected chi connectivity index (χ2v) is 8.47. The molecule has 0 N–H and O–H groups in total. The molecule has 2 rings (SSSR count). The van der Waals surface area contributed by atoms with Gasteiger partial charge in [0.15, 0.2) is 0 Å². The molecule has 0 spiro atoms. The highest BCUT2D eigenvalue weighted by Crippen LogP contribution is 2.24. The van der Waals surface area contributed by atoms with Crippen molar-refractivity contribution in [2.24, 2.45) is 0 Å². The Morgan fingerprint density at radius 3 is 2.19 bits per heavy atom. The Hall–Kier alpha value is -2.34. The molecule has 0 nitrogen and oxygen atoms in total. The lowest BCUT2D eigenvalue weighted by Gasteiger charge is -2.10. The van der Waals surface area contributed by atoms with Gasteiger partial charge in [-0.25, -0.2) is 0 Å². The van der Waals surface area contributed by atoms with Crippen molar-refractivity contribution in [3.8, 4) is 0 Å². The Morgan fingerprint density at radius 2 is 1.52 bits per heavy atom. The van der Waals surface area contributed by atoms with Crippen LogP contribution in [0.3, 0.4) is 0 Å². The van der Waals surface area contributed by atoms with Gasteiger partial charge in [-0.2, -0.15) is 0 Å². The smallest absolute Gasteiger partial charge is 0.0184 e. The summed E-state index contributed by atoms with van der Waals surface area (Å²) in [5.74, 6) is 0. The minimum Gasteiger partial charge on any atom is -0.0984 e. The first-order valence-corrected chi connectivity index (χ1v) is 12.4. The van der Waals surface area contributed by atoms with Gasteiger partial charge in [-0.3, -0.25) is 0 Å². The molecule has 166 valence electrons. The van der Waals surface area contributed by atoms with Crippen molar-refractivity contribution in [1.82, 2.24) is 0 Å². The first-order valence-electron chi connectivity index (χ1n) is 12.4. The zero-order valence-corrected chi connectivity index (χ0v) is 20.1. The maximum atomic E-state index is 4.09. The van der Waals surface area contributed by atoms with Gasteiger partial charge in [0, 0.05) is 0 Å². The number of allylic oxidation sites excluding steroid dienone is 4. The molecule has 0 atom stereocenters. The maximum Gasteiger partial charge on any atom is -0.0184 e. The van der Waals surface area contributed by atoms with E-state index in [1.807, 2.05) is 6.08 Å². The van der Waals surface area contributed by atoms with Crippen LogP contribution in [0.25, 0.3) is 11.6 Å². The van der Waals surface area contributed by atoms with Gasteiger partial charge in [0.1, 0.15) is 0 Å². The molecule has 2 aromatic rings. The van der Waals surface area contributed by atoms with E-state index in [4.69, 9.17) is 0 Å². The molecule has 0 aliphatic carbocycles. The molecule has 0 heterocycles. The normalized spacial score (nSPS) is 11.9. The molecule has 0 saturated carbocycles. The van der Waals surface area contributed by atoms with Crippen molar-refractivity contribution in [3.05, 3.63) is 95.1 Å². The lowest BCUT2D eigenvalue weighted by Crippen LogP contribution is -1.93. The molecular weight excluding hydrogens is 372 g/mol. The average molecular weight is 415 g/mol. The second-order valence-electron chi connectivity index (χ2n) is 8.47. The molecule has 0 unspecified atom stereocenters. The summed E-state index contributed by atoms with van der Waals surface area (Å²) in [5, 5.41) is 0. The molecule has 0 aliphatic rings. The molecular formula is C31H42. The van der Waals surface area contributed by atoms with Gasteiger partial charge in [-0.15, -0.1) is 0 Å². The van der Waals surface area contributed by atoms with Crippen LogP contribution in [0, 0.1) is 0 Å². The molecule has 0 saturated heterocycles.